The molecule has 282 valence electrons. The van der Waals surface area contributed by atoms with Gasteiger partial charge in [0, 0.05) is 44.8 Å². The quantitative estimate of drug-likeness (QED) is 0.143. The molecule has 2 aliphatic carbocycles. The molecule has 2 heteroatoms. The van der Waals surface area contributed by atoms with Gasteiger partial charge in [0.15, 0.2) is 0 Å². The Balaban J connectivity index is 1.04. The number of fused-ring (bicyclic) bond motifs is 4. The first-order chi connectivity index (χ1) is 29.7. The van der Waals surface area contributed by atoms with Crippen LogP contribution in [0.5, 0.6) is 0 Å². The first-order valence-corrected chi connectivity index (χ1v) is 20.6. The van der Waals surface area contributed by atoms with Crippen molar-refractivity contribution >= 4 is 33.5 Å². The molecule has 2 nitrogen and oxygen atoms in total. The lowest BCUT2D eigenvalue weighted by Crippen LogP contribution is -2.28. The molecule has 0 fully saturated rings. The molecule has 0 saturated carbocycles. The van der Waals surface area contributed by atoms with Crippen LogP contribution in [-0.4, -0.2) is 0 Å². The number of anilines is 4. The Bertz CT molecular complexity index is 3180. The minimum atomic E-state index is -0.471. The fraction of sp³-hybridized carbons (Fsp3) is 0.0172. The molecule has 0 radical (unpaired) electrons. The van der Waals surface area contributed by atoms with E-state index >= 15 is 0 Å². The van der Waals surface area contributed by atoms with Gasteiger partial charge in [-0.1, -0.05) is 170 Å². The topological polar surface area (TPSA) is 24.1 Å². The first kappa shape index (κ1) is 35.3. The van der Waals surface area contributed by atoms with Crippen LogP contribution in [0.1, 0.15) is 16.7 Å². The summed E-state index contributed by atoms with van der Waals surface area (Å²) in [5, 5.41) is 9.96. The van der Waals surface area contributed by atoms with Crippen molar-refractivity contribution in [3.8, 4) is 44.5 Å². The van der Waals surface area contributed by atoms with Gasteiger partial charge in [-0.15, -0.1) is 5.73 Å². The van der Waals surface area contributed by atoms with E-state index in [1.807, 2.05) is 6.08 Å². The molecule has 0 amide bonds. The maximum atomic E-state index is 3.78. The van der Waals surface area contributed by atoms with Crippen molar-refractivity contribution in [2.45, 2.75) is 5.41 Å². The molecule has 1 atom stereocenters. The molecule has 60 heavy (non-hydrogen) atoms. The SMILES string of the molecule is C1=CC=CC=1C1(c2ccccc2)c2ccccc2-c2cc(-c3cc(-c4cccc(-c5ccccc5Nc5cccc6ccccc56)c4)ccc3Nc3ccccc3)ccc21. The van der Waals surface area contributed by atoms with Crippen molar-refractivity contribution in [3.63, 3.8) is 0 Å². The highest BCUT2D eigenvalue weighted by Crippen LogP contribution is 2.57. The van der Waals surface area contributed by atoms with E-state index in [-0.39, 0.29) is 0 Å². The zero-order chi connectivity index (χ0) is 39.9. The van der Waals surface area contributed by atoms with E-state index in [1.165, 1.54) is 38.6 Å². The normalized spacial score (nSPS) is 14.8. The molecule has 0 spiro atoms. The Morgan fingerprint density at radius 1 is 0.383 bits per heavy atom. The molecule has 9 aromatic carbocycles. The van der Waals surface area contributed by atoms with E-state index in [2.05, 4.69) is 241 Å². The van der Waals surface area contributed by atoms with Gasteiger partial charge in [0.2, 0.25) is 0 Å². The summed E-state index contributed by atoms with van der Waals surface area (Å²) < 4.78 is 0. The minimum Gasteiger partial charge on any atom is -0.355 e. The van der Waals surface area contributed by atoms with Gasteiger partial charge in [-0.3, -0.25) is 0 Å². The Labute approximate surface area is 351 Å². The first-order valence-electron chi connectivity index (χ1n) is 20.6. The molecule has 9 aromatic rings. The predicted octanol–water partition coefficient (Wildman–Crippen LogP) is 15.3. The van der Waals surface area contributed by atoms with Crippen LogP contribution < -0.4 is 10.6 Å². The molecule has 2 N–H and O–H groups in total. The van der Waals surface area contributed by atoms with E-state index in [0.29, 0.717) is 0 Å². The van der Waals surface area contributed by atoms with Crippen LogP contribution in [0.15, 0.2) is 242 Å². The Kier molecular flexibility index (Phi) is 8.70. The molecular formula is C58H40N2. The van der Waals surface area contributed by atoms with Crippen LogP contribution in [0.3, 0.4) is 0 Å². The second-order valence-electron chi connectivity index (χ2n) is 15.5. The maximum Gasteiger partial charge on any atom is 0.0786 e. The summed E-state index contributed by atoms with van der Waals surface area (Å²) >= 11 is 0. The summed E-state index contributed by atoms with van der Waals surface area (Å²) in [5.41, 5.74) is 21.8. The van der Waals surface area contributed by atoms with Gasteiger partial charge in [-0.05, 0) is 116 Å². The van der Waals surface area contributed by atoms with Crippen molar-refractivity contribution in [1.29, 1.82) is 0 Å². The monoisotopic (exact) mass is 764 g/mol. The lowest BCUT2D eigenvalue weighted by molar-refractivity contribution is 0.770. The largest absolute Gasteiger partial charge is 0.355 e. The lowest BCUT2D eigenvalue weighted by Gasteiger charge is -2.33. The number of hydrogen-bond acceptors (Lipinski definition) is 2. The maximum absolute atomic E-state index is 3.78. The van der Waals surface area contributed by atoms with Crippen LogP contribution in [0.2, 0.25) is 0 Å². The van der Waals surface area contributed by atoms with Crippen LogP contribution in [0.4, 0.5) is 22.7 Å². The van der Waals surface area contributed by atoms with Gasteiger partial charge in [0.25, 0.3) is 0 Å². The standard InChI is InChI=1S/C58H40N2/c1-3-21-45(22-4-1)58(46-23-8-9-24-46)53-30-13-11-29-50(53)52-39-44(33-35-54(52)58)51-38-42(34-36-57(51)59-47-25-5-2-6-26-47)41-19-15-20-43(37-41)49-28-12-14-31-55(49)60-56-32-16-18-40-17-7-10-27-48(40)56/h1-23,25-39,59-60H. The molecule has 0 heterocycles. The molecule has 0 saturated heterocycles. The molecule has 0 bridgehead atoms. The average molecular weight is 765 g/mol. The highest BCUT2D eigenvalue weighted by molar-refractivity contribution is 5.97. The zero-order valence-corrected chi connectivity index (χ0v) is 32.9. The third kappa shape index (κ3) is 5.98. The summed E-state index contributed by atoms with van der Waals surface area (Å²) in [7, 11) is 0. The van der Waals surface area contributed by atoms with Crippen LogP contribution in [-0.2, 0) is 5.41 Å². The van der Waals surface area contributed by atoms with Gasteiger partial charge in [-0.25, -0.2) is 0 Å². The minimum absolute atomic E-state index is 0.471. The Hall–Kier alpha value is -7.90. The highest BCUT2D eigenvalue weighted by Gasteiger charge is 2.47. The van der Waals surface area contributed by atoms with E-state index < -0.39 is 5.41 Å². The third-order valence-corrected chi connectivity index (χ3v) is 12.1. The summed E-state index contributed by atoms with van der Waals surface area (Å²) in [6.45, 7) is 0. The van der Waals surface area contributed by atoms with Gasteiger partial charge < -0.3 is 10.6 Å². The Morgan fingerprint density at radius 2 is 1.00 bits per heavy atom. The van der Waals surface area contributed by atoms with Crippen LogP contribution in [0, 0.1) is 0 Å². The number of para-hydroxylation sites is 2. The van der Waals surface area contributed by atoms with Gasteiger partial charge in [0.05, 0.1) is 5.41 Å². The molecular weight excluding hydrogens is 725 g/mol. The Morgan fingerprint density at radius 3 is 1.87 bits per heavy atom. The summed E-state index contributed by atoms with van der Waals surface area (Å²) in [5.74, 6) is 0. The van der Waals surface area contributed by atoms with E-state index in [1.54, 1.807) is 0 Å². The summed E-state index contributed by atoms with van der Waals surface area (Å²) in [4.78, 5) is 0. The van der Waals surface area contributed by atoms with Crippen LogP contribution >= 0.6 is 0 Å². The van der Waals surface area contributed by atoms with E-state index in [4.69, 9.17) is 0 Å². The zero-order valence-electron chi connectivity index (χ0n) is 32.9. The molecule has 0 aromatic heterocycles. The fourth-order valence-electron chi connectivity index (χ4n) is 9.40. The third-order valence-electron chi connectivity index (χ3n) is 12.1. The second kappa shape index (κ2) is 14.8. The number of hydrogen-bond donors (Lipinski definition) is 2. The van der Waals surface area contributed by atoms with Crippen molar-refractivity contribution in [2.24, 2.45) is 0 Å². The lowest BCUT2D eigenvalue weighted by atomic mass is 9.67. The second-order valence-corrected chi connectivity index (χ2v) is 15.5. The fourth-order valence-corrected chi connectivity index (χ4v) is 9.40. The molecule has 2 aliphatic rings. The number of nitrogens with one attached hydrogen (secondary N) is 2. The van der Waals surface area contributed by atoms with Crippen molar-refractivity contribution in [2.75, 3.05) is 10.6 Å². The number of rotatable bonds is 9. The van der Waals surface area contributed by atoms with E-state index in [0.717, 1.165) is 61.7 Å². The summed E-state index contributed by atoms with van der Waals surface area (Å²) in [6.07, 6.45) is 6.37. The highest BCUT2D eigenvalue weighted by atomic mass is 14.9. The summed E-state index contributed by atoms with van der Waals surface area (Å²) in [6, 6.07) is 76.6. The van der Waals surface area contributed by atoms with Crippen LogP contribution in [0.25, 0.3) is 55.3 Å². The molecule has 1 unspecified atom stereocenters. The van der Waals surface area contributed by atoms with Crippen molar-refractivity contribution in [3.05, 3.63) is 259 Å². The van der Waals surface area contributed by atoms with Gasteiger partial charge >= 0.3 is 0 Å². The average Bonchev–Trinajstić information content (AvgIpc) is 3.96. The van der Waals surface area contributed by atoms with E-state index in [9.17, 15) is 0 Å². The number of benzene rings is 9. The van der Waals surface area contributed by atoms with Gasteiger partial charge in [-0.2, -0.15) is 0 Å². The smallest absolute Gasteiger partial charge is 0.0786 e. The molecule has 0 aliphatic heterocycles. The molecule has 11 rings (SSSR count). The predicted molar refractivity (Wildman–Crippen MR) is 252 cm³/mol. The van der Waals surface area contributed by atoms with Crippen molar-refractivity contribution in [1.82, 2.24) is 0 Å². The van der Waals surface area contributed by atoms with Crippen molar-refractivity contribution < 1.29 is 0 Å². The number of allylic oxidation sites excluding steroid dienone is 3. The van der Waals surface area contributed by atoms with Gasteiger partial charge in [0.1, 0.15) is 0 Å².